The second-order valence-corrected chi connectivity index (χ2v) is 3.27. The number of nitrogens with zero attached hydrogens (tertiary/aromatic N) is 1. The Labute approximate surface area is 106 Å². The second kappa shape index (κ2) is 7.70. The minimum atomic E-state index is 0. The molecule has 0 saturated carbocycles. The average molecular weight is 255 g/mol. The van der Waals surface area contributed by atoms with Gasteiger partial charge in [0.05, 0.1) is 12.8 Å². The van der Waals surface area contributed by atoms with Crippen molar-refractivity contribution in [2.45, 2.75) is 6.54 Å². The molecule has 2 aromatic rings. The van der Waals surface area contributed by atoms with Crippen LogP contribution in [0.15, 0.2) is 47.2 Å². The molecule has 2 aromatic heterocycles. The lowest BCUT2D eigenvalue weighted by atomic mass is 10.4. The van der Waals surface area contributed by atoms with Crippen LogP contribution in [0.1, 0.15) is 5.76 Å². The van der Waals surface area contributed by atoms with Gasteiger partial charge in [0.25, 0.3) is 0 Å². The summed E-state index contributed by atoms with van der Waals surface area (Å²) in [6.45, 7) is 2.08. The second-order valence-electron chi connectivity index (χ2n) is 3.27. The quantitative estimate of drug-likeness (QED) is 0.804. The van der Waals surface area contributed by atoms with E-state index in [1.54, 1.807) is 12.5 Å². The third kappa shape index (κ3) is 4.89. The van der Waals surface area contributed by atoms with Gasteiger partial charge in [-0.25, -0.2) is 4.98 Å². The molecule has 0 unspecified atom stereocenters. The van der Waals surface area contributed by atoms with Crippen molar-refractivity contribution in [2.24, 2.45) is 0 Å². The maximum Gasteiger partial charge on any atom is 0.213 e. The summed E-state index contributed by atoms with van der Waals surface area (Å²) in [4.78, 5) is 4.06. The largest absolute Gasteiger partial charge is 0.476 e. The van der Waals surface area contributed by atoms with Crippen LogP contribution in [0.3, 0.4) is 0 Å². The fraction of sp³-hybridized carbons (Fsp3) is 0.250. The predicted octanol–water partition coefficient (Wildman–Crippen LogP) is 2.27. The van der Waals surface area contributed by atoms with Crippen LogP contribution >= 0.6 is 12.4 Å². The van der Waals surface area contributed by atoms with Gasteiger partial charge in [0.1, 0.15) is 12.4 Å². The molecule has 2 rings (SSSR count). The van der Waals surface area contributed by atoms with Crippen LogP contribution < -0.4 is 10.1 Å². The summed E-state index contributed by atoms with van der Waals surface area (Å²) in [6, 6.07) is 9.42. The molecule has 0 saturated heterocycles. The number of rotatable bonds is 6. The fourth-order valence-corrected chi connectivity index (χ4v) is 1.28. The number of nitrogens with one attached hydrogen (secondary N) is 1. The van der Waals surface area contributed by atoms with E-state index in [1.165, 1.54) is 0 Å². The molecule has 2 heterocycles. The van der Waals surface area contributed by atoms with Crippen LogP contribution in [0.4, 0.5) is 0 Å². The zero-order valence-electron chi connectivity index (χ0n) is 9.33. The van der Waals surface area contributed by atoms with Gasteiger partial charge in [-0.1, -0.05) is 6.07 Å². The SMILES string of the molecule is Cl.c1ccc(OCCNCc2ccco2)nc1. The van der Waals surface area contributed by atoms with E-state index in [0.717, 1.165) is 18.8 Å². The molecule has 5 heteroatoms. The first-order valence-electron chi connectivity index (χ1n) is 5.22. The highest BCUT2D eigenvalue weighted by atomic mass is 35.5. The minimum absolute atomic E-state index is 0. The molecule has 1 N–H and O–H groups in total. The molecule has 4 nitrogen and oxygen atoms in total. The van der Waals surface area contributed by atoms with Crippen molar-refractivity contribution in [1.29, 1.82) is 0 Å². The van der Waals surface area contributed by atoms with E-state index in [2.05, 4.69) is 10.3 Å². The Morgan fingerprint density at radius 1 is 1.24 bits per heavy atom. The van der Waals surface area contributed by atoms with E-state index in [1.807, 2.05) is 30.3 Å². The van der Waals surface area contributed by atoms with Crippen molar-refractivity contribution in [1.82, 2.24) is 10.3 Å². The van der Waals surface area contributed by atoms with Gasteiger partial charge < -0.3 is 14.5 Å². The standard InChI is InChI=1S/C12H14N2O2.ClH/c1-2-6-14-12(5-1)16-9-7-13-10-11-4-3-8-15-11;/h1-6,8,13H,7,9-10H2;1H. The van der Waals surface area contributed by atoms with Gasteiger partial charge in [-0.05, 0) is 18.2 Å². The molecule has 0 aliphatic rings. The molecule has 0 spiro atoms. The molecule has 0 aromatic carbocycles. The molecule has 0 fully saturated rings. The van der Waals surface area contributed by atoms with Crippen molar-refractivity contribution in [3.8, 4) is 5.88 Å². The zero-order valence-corrected chi connectivity index (χ0v) is 10.2. The van der Waals surface area contributed by atoms with Gasteiger partial charge in [-0.15, -0.1) is 12.4 Å². The number of hydrogen-bond donors (Lipinski definition) is 1. The van der Waals surface area contributed by atoms with Gasteiger partial charge >= 0.3 is 0 Å². The Morgan fingerprint density at radius 2 is 2.18 bits per heavy atom. The van der Waals surface area contributed by atoms with E-state index in [4.69, 9.17) is 9.15 Å². The van der Waals surface area contributed by atoms with Crippen molar-refractivity contribution < 1.29 is 9.15 Å². The number of furan rings is 1. The van der Waals surface area contributed by atoms with Gasteiger partial charge in [0, 0.05) is 18.8 Å². The number of halogens is 1. The van der Waals surface area contributed by atoms with E-state index >= 15 is 0 Å². The molecule has 0 aliphatic carbocycles. The summed E-state index contributed by atoms with van der Waals surface area (Å²) < 4.78 is 10.6. The smallest absolute Gasteiger partial charge is 0.213 e. The van der Waals surface area contributed by atoms with Crippen LogP contribution in [0.2, 0.25) is 0 Å². The summed E-state index contributed by atoms with van der Waals surface area (Å²) in [5.41, 5.74) is 0. The van der Waals surface area contributed by atoms with Gasteiger partial charge in [0.15, 0.2) is 0 Å². The molecule has 0 aliphatic heterocycles. The van der Waals surface area contributed by atoms with Crippen LogP contribution in [0.5, 0.6) is 5.88 Å². The molecule has 0 radical (unpaired) electrons. The summed E-state index contributed by atoms with van der Waals surface area (Å²) >= 11 is 0. The molecule has 0 atom stereocenters. The Kier molecular flexibility index (Phi) is 6.14. The fourth-order valence-electron chi connectivity index (χ4n) is 1.28. The topological polar surface area (TPSA) is 47.3 Å². The van der Waals surface area contributed by atoms with Crippen LogP contribution in [0.25, 0.3) is 0 Å². The van der Waals surface area contributed by atoms with E-state index in [-0.39, 0.29) is 12.4 Å². The lowest BCUT2D eigenvalue weighted by Crippen LogP contribution is -2.20. The molecule has 17 heavy (non-hydrogen) atoms. The first-order valence-corrected chi connectivity index (χ1v) is 5.22. The molecular weight excluding hydrogens is 240 g/mol. The Hall–Kier alpha value is -1.52. The lowest BCUT2D eigenvalue weighted by Gasteiger charge is -2.05. The normalized spacial score (nSPS) is 9.65. The Morgan fingerprint density at radius 3 is 2.88 bits per heavy atom. The maximum atomic E-state index is 5.42. The lowest BCUT2D eigenvalue weighted by molar-refractivity contribution is 0.300. The van der Waals surface area contributed by atoms with Crippen molar-refractivity contribution in [3.05, 3.63) is 48.6 Å². The monoisotopic (exact) mass is 254 g/mol. The third-order valence-electron chi connectivity index (χ3n) is 2.05. The zero-order chi connectivity index (χ0) is 11.1. The van der Waals surface area contributed by atoms with E-state index in [9.17, 15) is 0 Å². The summed E-state index contributed by atoms with van der Waals surface area (Å²) in [6.07, 6.45) is 3.38. The molecular formula is C12H15ClN2O2. The van der Waals surface area contributed by atoms with Gasteiger partial charge in [-0.3, -0.25) is 0 Å². The number of ether oxygens (including phenoxy) is 1. The van der Waals surface area contributed by atoms with Crippen LogP contribution in [-0.4, -0.2) is 18.1 Å². The first-order chi connectivity index (χ1) is 7.95. The highest BCUT2D eigenvalue weighted by Crippen LogP contribution is 2.02. The predicted molar refractivity (Wildman–Crippen MR) is 67.4 cm³/mol. The van der Waals surface area contributed by atoms with Crippen molar-refractivity contribution in [2.75, 3.05) is 13.2 Å². The van der Waals surface area contributed by atoms with Crippen LogP contribution in [0, 0.1) is 0 Å². The maximum absolute atomic E-state index is 5.42. The summed E-state index contributed by atoms with van der Waals surface area (Å²) in [5, 5.41) is 3.21. The summed E-state index contributed by atoms with van der Waals surface area (Å²) in [7, 11) is 0. The first kappa shape index (κ1) is 13.5. The third-order valence-corrected chi connectivity index (χ3v) is 2.05. The van der Waals surface area contributed by atoms with E-state index < -0.39 is 0 Å². The van der Waals surface area contributed by atoms with Gasteiger partial charge in [-0.2, -0.15) is 0 Å². The minimum Gasteiger partial charge on any atom is -0.476 e. The highest BCUT2D eigenvalue weighted by Gasteiger charge is 1.95. The average Bonchev–Trinajstić information content (AvgIpc) is 2.83. The highest BCUT2D eigenvalue weighted by molar-refractivity contribution is 5.85. The summed E-state index contributed by atoms with van der Waals surface area (Å²) in [5.74, 6) is 1.58. The Bertz CT molecular complexity index is 392. The van der Waals surface area contributed by atoms with E-state index in [0.29, 0.717) is 12.5 Å². The molecule has 0 amide bonds. The number of pyridine rings is 1. The van der Waals surface area contributed by atoms with Crippen molar-refractivity contribution >= 4 is 12.4 Å². The van der Waals surface area contributed by atoms with Crippen molar-refractivity contribution in [3.63, 3.8) is 0 Å². The van der Waals surface area contributed by atoms with Crippen LogP contribution in [-0.2, 0) is 6.54 Å². The number of aromatic nitrogens is 1. The molecule has 0 bridgehead atoms. The Balaban J connectivity index is 0.00000144. The van der Waals surface area contributed by atoms with Gasteiger partial charge in [0.2, 0.25) is 5.88 Å². The number of hydrogen-bond acceptors (Lipinski definition) is 4. The molecule has 92 valence electrons.